The Morgan fingerprint density at radius 2 is 1.70 bits per heavy atom. The van der Waals surface area contributed by atoms with E-state index in [1.807, 2.05) is 48.5 Å². The van der Waals surface area contributed by atoms with Crippen molar-refractivity contribution in [3.63, 3.8) is 0 Å². The number of carboxylic acids is 1. The third-order valence-electron chi connectivity index (χ3n) is 5.49. The molecule has 1 aliphatic carbocycles. The van der Waals surface area contributed by atoms with E-state index in [1.165, 1.54) is 11.9 Å². The molecule has 0 bridgehead atoms. The number of nitrogens with zero attached hydrogens (tertiary/aromatic N) is 3. The largest absolute Gasteiger partial charge is 0.481 e. The molecule has 0 unspecified atom stereocenters. The van der Waals surface area contributed by atoms with Crippen LogP contribution >= 0.6 is 0 Å². The summed E-state index contributed by atoms with van der Waals surface area (Å²) >= 11 is 0. The van der Waals surface area contributed by atoms with E-state index >= 15 is 0 Å². The molecule has 2 N–H and O–H groups in total. The van der Waals surface area contributed by atoms with Crippen molar-refractivity contribution < 1.29 is 28.9 Å². The van der Waals surface area contributed by atoms with Crippen molar-refractivity contribution >= 4 is 23.8 Å². The molecule has 0 atom stereocenters. The van der Waals surface area contributed by atoms with Crippen molar-refractivity contribution in [1.82, 2.24) is 15.2 Å². The molecule has 0 spiro atoms. The van der Waals surface area contributed by atoms with Gasteiger partial charge in [-0.2, -0.15) is 0 Å². The average Bonchev–Trinajstić information content (AvgIpc) is 3.39. The Bertz CT molecular complexity index is 1150. The molecule has 0 aliphatic heterocycles. The van der Waals surface area contributed by atoms with Gasteiger partial charge in [-0.05, 0) is 39.0 Å². The van der Waals surface area contributed by atoms with Gasteiger partial charge in [-0.3, -0.25) is 14.9 Å². The maximum atomic E-state index is 12.5. The monoisotopic (exact) mass is 450 g/mol. The summed E-state index contributed by atoms with van der Waals surface area (Å²) in [6.45, 7) is 0.298. The second kappa shape index (κ2) is 9.51. The topological polar surface area (TPSA) is 135 Å². The van der Waals surface area contributed by atoms with Crippen molar-refractivity contribution in [2.75, 3.05) is 25.5 Å². The summed E-state index contributed by atoms with van der Waals surface area (Å²) in [5.74, 6) is -1.78. The fourth-order valence-corrected chi connectivity index (χ4v) is 3.89. The number of hydrogen-bond donors (Lipinski definition) is 2. The molecule has 0 fully saturated rings. The number of carboxylic acid groups (broad SMARTS) is 1. The van der Waals surface area contributed by atoms with Crippen LogP contribution in [0.2, 0.25) is 0 Å². The van der Waals surface area contributed by atoms with E-state index in [9.17, 15) is 14.4 Å². The van der Waals surface area contributed by atoms with E-state index in [-0.39, 0.29) is 43.4 Å². The lowest BCUT2D eigenvalue weighted by Gasteiger charge is -2.16. The lowest BCUT2D eigenvalue weighted by Crippen LogP contribution is -2.29. The van der Waals surface area contributed by atoms with E-state index in [1.54, 1.807) is 0 Å². The predicted octanol–water partition coefficient (Wildman–Crippen LogP) is 3.37. The molecule has 33 heavy (non-hydrogen) atoms. The van der Waals surface area contributed by atoms with Crippen LogP contribution in [-0.4, -0.2) is 58.5 Å². The number of carbonyl (C=O) groups is 3. The van der Waals surface area contributed by atoms with Crippen LogP contribution in [0.4, 0.5) is 10.6 Å². The van der Waals surface area contributed by atoms with Gasteiger partial charge in [-0.25, -0.2) is 9.42 Å². The highest BCUT2D eigenvalue weighted by Gasteiger charge is 2.29. The quantitative estimate of drug-likeness (QED) is 0.533. The summed E-state index contributed by atoms with van der Waals surface area (Å²) in [5, 5.41) is 18.3. The van der Waals surface area contributed by atoms with Gasteiger partial charge in [0.1, 0.15) is 6.61 Å². The van der Waals surface area contributed by atoms with Gasteiger partial charge >= 0.3 is 12.1 Å². The molecule has 170 valence electrons. The maximum absolute atomic E-state index is 12.5. The second-order valence-electron chi connectivity index (χ2n) is 7.64. The molecule has 10 heteroatoms. The van der Waals surface area contributed by atoms with Gasteiger partial charge in [-0.1, -0.05) is 48.5 Å². The molecule has 1 heterocycles. The average molecular weight is 450 g/mol. The summed E-state index contributed by atoms with van der Waals surface area (Å²) < 4.78 is 10.1. The Labute approximate surface area is 189 Å². The number of anilines is 1. The molecule has 3 aromatic rings. The zero-order chi connectivity index (χ0) is 23.4. The number of hydrogen-bond acceptors (Lipinski definition) is 7. The third-order valence-corrected chi connectivity index (χ3v) is 5.49. The Morgan fingerprint density at radius 3 is 2.33 bits per heavy atom. The molecule has 0 radical (unpaired) electrons. The normalized spacial score (nSPS) is 12.0. The predicted molar refractivity (Wildman–Crippen MR) is 117 cm³/mol. The fraction of sp³-hybridized carbons (Fsp3) is 0.261. The highest BCUT2D eigenvalue weighted by molar-refractivity contribution is 5.99. The molecule has 2 amide bonds. The smallest absolute Gasteiger partial charge is 0.412 e. The van der Waals surface area contributed by atoms with Gasteiger partial charge in [0.25, 0.3) is 5.91 Å². The maximum Gasteiger partial charge on any atom is 0.412 e. The lowest BCUT2D eigenvalue weighted by molar-refractivity contribution is -0.137. The first-order chi connectivity index (χ1) is 16.0. The van der Waals surface area contributed by atoms with Crippen LogP contribution in [0.3, 0.4) is 0 Å². The van der Waals surface area contributed by atoms with Gasteiger partial charge in [-0.15, -0.1) is 0 Å². The Kier molecular flexibility index (Phi) is 6.34. The van der Waals surface area contributed by atoms with Crippen molar-refractivity contribution in [1.29, 1.82) is 0 Å². The molecule has 4 rings (SSSR count). The first kappa shape index (κ1) is 22.0. The van der Waals surface area contributed by atoms with Gasteiger partial charge < -0.3 is 14.7 Å². The van der Waals surface area contributed by atoms with Gasteiger partial charge in [0.2, 0.25) is 11.5 Å². The highest BCUT2D eigenvalue weighted by atomic mass is 16.6. The van der Waals surface area contributed by atoms with Crippen LogP contribution in [0.5, 0.6) is 0 Å². The number of nitrogens with one attached hydrogen (secondary N) is 1. The van der Waals surface area contributed by atoms with Crippen molar-refractivity contribution in [3.05, 3.63) is 65.4 Å². The number of amides is 2. The number of benzene rings is 2. The van der Waals surface area contributed by atoms with E-state index in [0.717, 1.165) is 22.3 Å². The van der Waals surface area contributed by atoms with Crippen molar-refractivity contribution in [2.45, 2.75) is 18.8 Å². The third kappa shape index (κ3) is 4.69. The minimum Gasteiger partial charge on any atom is -0.481 e. The zero-order valence-electron chi connectivity index (χ0n) is 17.9. The van der Waals surface area contributed by atoms with Crippen molar-refractivity contribution in [3.8, 4) is 11.1 Å². The van der Waals surface area contributed by atoms with Crippen LogP contribution in [-0.2, 0) is 9.53 Å². The van der Waals surface area contributed by atoms with Crippen LogP contribution in [0.15, 0.2) is 53.2 Å². The van der Waals surface area contributed by atoms with Gasteiger partial charge in [0.15, 0.2) is 0 Å². The minimum atomic E-state index is -0.948. The van der Waals surface area contributed by atoms with Crippen molar-refractivity contribution in [2.24, 2.45) is 0 Å². The number of carbonyl (C=O) groups excluding carboxylic acids is 2. The molecule has 0 saturated heterocycles. The zero-order valence-corrected chi connectivity index (χ0v) is 17.9. The first-order valence-corrected chi connectivity index (χ1v) is 10.4. The Balaban J connectivity index is 1.39. The highest BCUT2D eigenvalue weighted by Crippen LogP contribution is 2.44. The van der Waals surface area contributed by atoms with Crippen LogP contribution in [0.25, 0.3) is 11.1 Å². The fourth-order valence-electron chi connectivity index (χ4n) is 3.89. The molecule has 10 nitrogen and oxygen atoms in total. The van der Waals surface area contributed by atoms with Crippen LogP contribution < -0.4 is 5.32 Å². The summed E-state index contributed by atoms with van der Waals surface area (Å²) in [6.07, 6.45) is -0.590. The summed E-state index contributed by atoms with van der Waals surface area (Å²) in [6, 6.07) is 16.0. The summed E-state index contributed by atoms with van der Waals surface area (Å²) in [5.41, 5.74) is 4.19. The number of aliphatic carboxylic acids is 1. The first-order valence-electron chi connectivity index (χ1n) is 10.4. The lowest BCUT2D eigenvalue weighted by atomic mass is 9.98. The van der Waals surface area contributed by atoms with Gasteiger partial charge in [0.05, 0.1) is 0 Å². The SMILES string of the molecule is CN(CCCC(=O)O)C(=O)c1nonc1NC(=O)OCC1c2ccccc2-c2ccccc21. The number of rotatable bonds is 8. The molecule has 2 aromatic carbocycles. The number of ether oxygens (including phenoxy) is 1. The number of aromatic nitrogens is 2. The van der Waals surface area contributed by atoms with Crippen LogP contribution in [0, 0.1) is 0 Å². The van der Waals surface area contributed by atoms with E-state index in [0.29, 0.717) is 0 Å². The van der Waals surface area contributed by atoms with Gasteiger partial charge in [0, 0.05) is 25.9 Å². The molecule has 1 aromatic heterocycles. The van der Waals surface area contributed by atoms with E-state index in [2.05, 4.69) is 20.3 Å². The molecule has 1 aliphatic rings. The number of fused-ring (bicyclic) bond motifs is 3. The van der Waals surface area contributed by atoms with Crippen LogP contribution in [0.1, 0.15) is 40.4 Å². The molecular weight excluding hydrogens is 428 g/mol. The molecular formula is C23H22N4O6. The second-order valence-corrected chi connectivity index (χ2v) is 7.64. The summed E-state index contributed by atoms with van der Waals surface area (Å²) in [7, 11) is 1.50. The Morgan fingerprint density at radius 1 is 1.06 bits per heavy atom. The van der Waals surface area contributed by atoms with E-state index < -0.39 is 18.0 Å². The minimum absolute atomic E-state index is 0.0699. The standard InChI is InChI=1S/C23H22N4O6/c1-27(12-6-11-19(28)29)22(30)20-21(26-33-25-20)24-23(31)32-13-18-16-9-4-2-7-14(16)15-8-3-5-10-17(15)18/h2-5,7-10,18H,6,11-13H2,1H3,(H,28,29)(H,24,26,31). The summed E-state index contributed by atoms with van der Waals surface area (Å²) in [4.78, 5) is 36.9. The molecule has 0 saturated carbocycles. The van der Waals surface area contributed by atoms with E-state index in [4.69, 9.17) is 9.84 Å². The Hall–Kier alpha value is -4.21.